The third kappa shape index (κ3) is 5.85. The van der Waals surface area contributed by atoms with Gasteiger partial charge in [-0.1, -0.05) is 121 Å². The van der Waals surface area contributed by atoms with Crippen molar-refractivity contribution in [3.05, 3.63) is 168 Å². The lowest BCUT2D eigenvalue weighted by Gasteiger charge is -2.07. The molecule has 2 aliphatic heterocycles. The van der Waals surface area contributed by atoms with E-state index in [0.29, 0.717) is 0 Å². The summed E-state index contributed by atoms with van der Waals surface area (Å²) in [6.45, 7) is 0. The predicted molar refractivity (Wildman–Crippen MR) is 215 cm³/mol. The summed E-state index contributed by atoms with van der Waals surface area (Å²) in [5.74, 6) is 0. The van der Waals surface area contributed by atoms with Crippen molar-refractivity contribution in [3.8, 4) is 44.5 Å². The van der Waals surface area contributed by atoms with Crippen molar-refractivity contribution >= 4 is 71.2 Å². The topological polar surface area (TPSA) is 57.4 Å². The Hall–Kier alpha value is -5.94. The molecule has 0 radical (unpaired) electrons. The molecule has 0 saturated carbocycles. The maximum atomic E-state index is 5.35. The number of rotatable bonds is 4. The zero-order valence-electron chi connectivity index (χ0n) is 26.9. The summed E-state index contributed by atoms with van der Waals surface area (Å²) in [7, 11) is 0. The summed E-state index contributed by atoms with van der Waals surface area (Å²) < 4.78 is 0. The van der Waals surface area contributed by atoms with Gasteiger partial charge in [0.2, 0.25) is 0 Å². The number of nitrogens with zero attached hydrogens (tertiary/aromatic N) is 2. The number of aromatic nitrogens is 4. The maximum Gasteiger partial charge on any atom is 0.0737 e. The van der Waals surface area contributed by atoms with E-state index in [9.17, 15) is 0 Å². The average Bonchev–Trinajstić information content (AvgIpc) is 3.98. The van der Waals surface area contributed by atoms with Crippen LogP contribution in [-0.4, -0.2) is 19.9 Å². The van der Waals surface area contributed by atoms with Crippen molar-refractivity contribution in [3.63, 3.8) is 0 Å². The number of fused-ring (bicyclic) bond motifs is 8. The zero-order chi connectivity index (χ0) is 31.9. The molecule has 0 amide bonds. The van der Waals surface area contributed by atoms with E-state index >= 15 is 0 Å². The summed E-state index contributed by atoms with van der Waals surface area (Å²) in [5.41, 5.74) is 16.2. The molecule has 0 fully saturated rings. The maximum absolute atomic E-state index is 5.35. The fourth-order valence-electron chi connectivity index (χ4n) is 6.84. The quantitative estimate of drug-likeness (QED) is 0.193. The van der Waals surface area contributed by atoms with Gasteiger partial charge in [-0.2, -0.15) is 0 Å². The third-order valence-electron chi connectivity index (χ3n) is 9.00. The van der Waals surface area contributed by atoms with Gasteiger partial charge in [0.05, 0.1) is 22.8 Å². The minimum absolute atomic E-state index is 0. The molecule has 3 aromatic heterocycles. The highest BCUT2D eigenvalue weighted by Crippen LogP contribution is 2.38. The molecule has 242 valence electrons. The third-order valence-corrected chi connectivity index (χ3v) is 9.00. The van der Waals surface area contributed by atoms with Gasteiger partial charge in [0.15, 0.2) is 0 Å². The molecule has 0 spiro atoms. The first-order valence-electron chi connectivity index (χ1n) is 16.2. The summed E-state index contributed by atoms with van der Waals surface area (Å²) in [6.07, 6.45) is 8.54. The van der Waals surface area contributed by atoms with E-state index in [-0.39, 0.29) is 24.8 Å². The van der Waals surface area contributed by atoms with E-state index in [1.165, 1.54) is 0 Å². The van der Waals surface area contributed by atoms with Crippen LogP contribution in [0.25, 0.3) is 90.9 Å². The van der Waals surface area contributed by atoms with Gasteiger partial charge in [-0.25, -0.2) is 9.97 Å². The van der Waals surface area contributed by atoms with Gasteiger partial charge in [0, 0.05) is 44.3 Å². The Labute approximate surface area is 302 Å². The largest absolute Gasteiger partial charge is 0.354 e. The second kappa shape index (κ2) is 13.9. The Morgan fingerprint density at radius 2 is 0.500 bits per heavy atom. The lowest BCUT2D eigenvalue weighted by molar-refractivity contribution is 1.31. The summed E-state index contributed by atoms with van der Waals surface area (Å²) in [5, 5.41) is 0. The van der Waals surface area contributed by atoms with E-state index in [2.05, 4.69) is 156 Å². The van der Waals surface area contributed by atoms with Crippen LogP contribution in [0.15, 0.2) is 146 Å². The predicted octanol–water partition coefficient (Wildman–Crippen LogP) is 12.2. The van der Waals surface area contributed by atoms with Gasteiger partial charge in [0.1, 0.15) is 0 Å². The van der Waals surface area contributed by atoms with Gasteiger partial charge in [0.25, 0.3) is 0 Å². The molecular formula is C44H32Cl2N4. The van der Waals surface area contributed by atoms with Crippen LogP contribution in [0.5, 0.6) is 0 Å². The van der Waals surface area contributed by atoms with E-state index in [0.717, 1.165) is 89.4 Å². The molecule has 8 bridgehead atoms. The first-order chi connectivity index (χ1) is 23.8. The van der Waals surface area contributed by atoms with Crippen LogP contribution in [0.4, 0.5) is 0 Å². The van der Waals surface area contributed by atoms with E-state index < -0.39 is 0 Å². The molecule has 0 aliphatic carbocycles. The minimum Gasteiger partial charge on any atom is -0.354 e. The number of H-pyrrole nitrogens is 2. The first kappa shape index (κ1) is 32.6. The summed E-state index contributed by atoms with van der Waals surface area (Å²) >= 11 is 0. The number of aromatic amines is 2. The average molecular weight is 688 g/mol. The lowest BCUT2D eigenvalue weighted by Crippen LogP contribution is -1.89. The van der Waals surface area contributed by atoms with Crippen molar-refractivity contribution in [1.82, 2.24) is 19.9 Å². The van der Waals surface area contributed by atoms with Crippen molar-refractivity contribution in [1.29, 1.82) is 0 Å². The van der Waals surface area contributed by atoms with Gasteiger partial charge in [-0.05, 0) is 70.8 Å². The van der Waals surface area contributed by atoms with E-state index in [1.807, 2.05) is 24.3 Å². The van der Waals surface area contributed by atoms with Crippen molar-refractivity contribution in [2.24, 2.45) is 0 Å². The smallest absolute Gasteiger partial charge is 0.0737 e. The monoisotopic (exact) mass is 686 g/mol. The second-order valence-corrected chi connectivity index (χ2v) is 12.0. The van der Waals surface area contributed by atoms with Gasteiger partial charge in [-0.3, -0.25) is 0 Å². The molecule has 9 rings (SSSR count). The Morgan fingerprint density at radius 3 is 0.720 bits per heavy atom. The Kier molecular flexibility index (Phi) is 9.05. The highest BCUT2D eigenvalue weighted by Gasteiger charge is 2.18. The fourth-order valence-corrected chi connectivity index (χ4v) is 6.84. The van der Waals surface area contributed by atoms with E-state index in [4.69, 9.17) is 9.97 Å². The molecule has 4 aromatic carbocycles. The lowest BCUT2D eigenvalue weighted by atomic mass is 10.0. The standard InChI is InChI=1S/C44H30N4.2ClH/c1-5-13-29(14-6-1)41-33-21-23-35(45-33)42(30-15-7-2-8-16-30)37-25-27-39(47-37)44(32-19-11-4-12-20-32)40-28-26-38(48-40)43(31-17-9-3-10-18-31)36-24-22-34(41)46-36;;/h1-28,45,48H;2*1H. The van der Waals surface area contributed by atoms with Crippen LogP contribution < -0.4 is 0 Å². The molecular weight excluding hydrogens is 655 g/mol. The Bertz CT molecular complexity index is 2190. The van der Waals surface area contributed by atoms with Crippen LogP contribution in [0.1, 0.15) is 22.8 Å². The highest BCUT2D eigenvalue weighted by molar-refractivity contribution is 5.99. The molecule has 7 aromatic rings. The van der Waals surface area contributed by atoms with Gasteiger partial charge >= 0.3 is 0 Å². The van der Waals surface area contributed by atoms with Crippen molar-refractivity contribution in [2.45, 2.75) is 0 Å². The van der Waals surface area contributed by atoms with Crippen LogP contribution in [-0.2, 0) is 0 Å². The highest BCUT2D eigenvalue weighted by atomic mass is 35.5. The van der Waals surface area contributed by atoms with Crippen LogP contribution >= 0.6 is 24.8 Å². The normalized spacial score (nSPS) is 11.5. The molecule has 6 heteroatoms. The number of hydrogen-bond donors (Lipinski definition) is 2. The zero-order valence-corrected chi connectivity index (χ0v) is 28.5. The van der Waals surface area contributed by atoms with Crippen molar-refractivity contribution in [2.75, 3.05) is 0 Å². The van der Waals surface area contributed by atoms with Gasteiger partial charge < -0.3 is 9.97 Å². The molecule has 0 saturated heterocycles. The Morgan fingerprint density at radius 1 is 0.280 bits per heavy atom. The summed E-state index contributed by atoms with van der Waals surface area (Å²) in [6, 6.07) is 50.7. The van der Waals surface area contributed by atoms with Crippen molar-refractivity contribution < 1.29 is 0 Å². The second-order valence-electron chi connectivity index (χ2n) is 12.0. The van der Waals surface area contributed by atoms with Gasteiger partial charge in [-0.15, -0.1) is 24.8 Å². The summed E-state index contributed by atoms with van der Waals surface area (Å²) in [4.78, 5) is 18.3. The molecule has 0 unspecified atom stereocenters. The molecule has 2 aliphatic rings. The molecule has 4 nitrogen and oxygen atoms in total. The molecule has 5 heterocycles. The number of benzene rings is 4. The SMILES string of the molecule is C1=Cc2nc1c(-c1ccccc1)c1ccc([nH]1)c(-c1ccccc1)c1nc(c(-c3ccccc3)c3ccc([nH]3)c2-c2ccccc2)C=C1.Cl.Cl. The minimum atomic E-state index is 0. The molecule has 50 heavy (non-hydrogen) atoms. The number of hydrogen-bond acceptors (Lipinski definition) is 2. The first-order valence-corrected chi connectivity index (χ1v) is 16.2. The van der Waals surface area contributed by atoms with Crippen LogP contribution in [0.2, 0.25) is 0 Å². The fraction of sp³-hybridized carbons (Fsp3) is 0. The van der Waals surface area contributed by atoms with Crippen LogP contribution in [0, 0.1) is 0 Å². The molecule has 0 atom stereocenters. The molecule has 2 N–H and O–H groups in total. The number of nitrogens with one attached hydrogen (secondary N) is 2. The number of halogens is 2. The Balaban J connectivity index is 0.00000196. The van der Waals surface area contributed by atoms with Crippen LogP contribution in [0.3, 0.4) is 0 Å². The van der Waals surface area contributed by atoms with E-state index in [1.54, 1.807) is 0 Å².